The van der Waals surface area contributed by atoms with E-state index >= 15 is 0 Å². The second-order valence-electron chi connectivity index (χ2n) is 5.58. The maximum atomic E-state index is 11.6. The molecule has 7 nitrogen and oxygen atoms in total. The van der Waals surface area contributed by atoms with E-state index in [1.807, 2.05) is 0 Å². The van der Waals surface area contributed by atoms with Gasteiger partial charge in [-0.25, -0.2) is 0 Å². The molecule has 0 bridgehead atoms. The van der Waals surface area contributed by atoms with Crippen LogP contribution in [0.2, 0.25) is 0 Å². The van der Waals surface area contributed by atoms with E-state index in [2.05, 4.69) is 10.1 Å². The Balaban J connectivity index is 3.50. The van der Waals surface area contributed by atoms with E-state index in [0.29, 0.717) is 19.3 Å². The van der Waals surface area contributed by atoms with Crippen LogP contribution in [0.4, 0.5) is 0 Å². The number of esters is 2. The van der Waals surface area contributed by atoms with Gasteiger partial charge in [-0.2, -0.15) is 0 Å². The first-order valence-corrected chi connectivity index (χ1v) is 10.6. The Hall–Kier alpha value is -1.22. The lowest BCUT2D eigenvalue weighted by atomic mass is 10.2. The lowest BCUT2D eigenvalue weighted by molar-refractivity contribution is -0.169. The minimum absolute atomic E-state index is 0.207. The zero-order valence-electron chi connectivity index (χ0n) is 15.0. The number of ketones is 1. The van der Waals surface area contributed by atoms with Crippen LogP contribution in [0.15, 0.2) is 0 Å². The first-order valence-electron chi connectivity index (χ1n) is 8.15. The van der Waals surface area contributed by atoms with Crippen LogP contribution < -0.4 is 5.32 Å². The molecule has 0 aliphatic heterocycles. The van der Waals surface area contributed by atoms with E-state index in [9.17, 15) is 19.2 Å². The Bertz CT molecular complexity index is 442. The third kappa shape index (κ3) is 16.0. The van der Waals surface area contributed by atoms with Gasteiger partial charge in [0.2, 0.25) is 12.7 Å². The van der Waals surface area contributed by atoms with Gasteiger partial charge in [-0.3, -0.25) is 14.4 Å². The zero-order valence-corrected chi connectivity index (χ0v) is 16.6. The first-order chi connectivity index (χ1) is 11.8. The Morgan fingerprint density at radius 3 is 2.12 bits per heavy atom. The van der Waals surface area contributed by atoms with Crippen molar-refractivity contribution in [3.05, 3.63) is 0 Å². The Labute approximate surface area is 156 Å². The van der Waals surface area contributed by atoms with Crippen molar-refractivity contribution in [1.29, 1.82) is 0 Å². The maximum absolute atomic E-state index is 11.6. The van der Waals surface area contributed by atoms with Crippen LogP contribution in [-0.2, 0) is 28.7 Å². The van der Waals surface area contributed by atoms with Crippen LogP contribution in [0, 0.1) is 5.92 Å². The van der Waals surface area contributed by atoms with Gasteiger partial charge in [0, 0.05) is 24.3 Å². The number of nitrogens with one attached hydrogen (secondary N) is 1. The van der Waals surface area contributed by atoms with Gasteiger partial charge in [0.05, 0.1) is 5.92 Å². The summed E-state index contributed by atoms with van der Waals surface area (Å²) in [5.74, 6) is 0.340. The van der Waals surface area contributed by atoms with E-state index < -0.39 is 18.7 Å². The average molecular weight is 394 g/mol. The maximum Gasteiger partial charge on any atom is 0.328 e. The molecule has 0 aromatic heterocycles. The highest BCUT2D eigenvalue weighted by Gasteiger charge is 2.10. The smallest absolute Gasteiger partial charge is 0.328 e. The molecule has 0 aromatic carbocycles. The summed E-state index contributed by atoms with van der Waals surface area (Å²) in [6.07, 6.45) is 2.53. The predicted molar refractivity (Wildman–Crippen MR) is 99.0 cm³/mol. The number of carbonyl (C=O) groups excluding carboxylic acids is 4. The Morgan fingerprint density at radius 1 is 0.960 bits per heavy atom. The van der Waals surface area contributed by atoms with E-state index in [0.717, 1.165) is 17.9 Å². The lowest BCUT2D eigenvalue weighted by Gasteiger charge is -2.08. The van der Waals surface area contributed by atoms with Crippen molar-refractivity contribution in [3.8, 4) is 0 Å². The van der Waals surface area contributed by atoms with Crippen LogP contribution in [0.25, 0.3) is 0 Å². The molecule has 0 aromatic rings. The SMILES string of the molecule is CC(=O)CCCSSCCCC(=O)NCC(=O)OCOC(=O)C(C)C. The number of hydrogen-bond donors (Lipinski definition) is 1. The second kappa shape index (κ2) is 15.1. The van der Waals surface area contributed by atoms with Crippen molar-refractivity contribution in [2.75, 3.05) is 24.8 Å². The minimum Gasteiger partial charge on any atom is -0.428 e. The average Bonchev–Trinajstić information content (AvgIpc) is 2.54. The molecule has 0 saturated heterocycles. The molecule has 0 aliphatic carbocycles. The van der Waals surface area contributed by atoms with Crippen LogP contribution in [-0.4, -0.2) is 48.5 Å². The molecule has 0 radical (unpaired) electrons. The molecule has 0 spiro atoms. The monoisotopic (exact) mass is 393 g/mol. The van der Waals surface area contributed by atoms with Gasteiger partial charge in [0.25, 0.3) is 0 Å². The fourth-order valence-corrected chi connectivity index (χ4v) is 3.59. The van der Waals surface area contributed by atoms with E-state index in [-0.39, 0.29) is 24.2 Å². The first kappa shape index (κ1) is 23.8. The number of Topliss-reactive ketones (excluding diaryl/α,β-unsaturated/α-hetero) is 1. The quantitative estimate of drug-likeness (QED) is 0.208. The summed E-state index contributed by atoms with van der Waals surface area (Å²) in [5.41, 5.74) is 0. The van der Waals surface area contributed by atoms with Gasteiger partial charge in [-0.05, 0) is 19.8 Å². The fourth-order valence-electron chi connectivity index (χ4n) is 1.42. The topological polar surface area (TPSA) is 98.8 Å². The second-order valence-corrected chi connectivity index (χ2v) is 8.28. The van der Waals surface area contributed by atoms with Crippen LogP contribution >= 0.6 is 21.6 Å². The van der Waals surface area contributed by atoms with Gasteiger partial charge in [-0.15, -0.1) is 0 Å². The summed E-state index contributed by atoms with van der Waals surface area (Å²) in [6, 6.07) is 0. The Morgan fingerprint density at radius 2 is 1.56 bits per heavy atom. The largest absolute Gasteiger partial charge is 0.428 e. The van der Waals surface area contributed by atoms with Gasteiger partial charge in [-0.1, -0.05) is 35.4 Å². The van der Waals surface area contributed by atoms with Gasteiger partial charge >= 0.3 is 11.9 Å². The molecule has 1 N–H and O–H groups in total. The molecular weight excluding hydrogens is 366 g/mol. The summed E-state index contributed by atoms with van der Waals surface area (Å²) in [6.45, 7) is 4.25. The van der Waals surface area contributed by atoms with Crippen molar-refractivity contribution in [2.24, 2.45) is 5.92 Å². The molecule has 25 heavy (non-hydrogen) atoms. The molecule has 0 unspecified atom stereocenters. The number of hydrogen-bond acceptors (Lipinski definition) is 8. The molecule has 0 fully saturated rings. The van der Waals surface area contributed by atoms with Crippen molar-refractivity contribution >= 4 is 45.2 Å². The van der Waals surface area contributed by atoms with Crippen LogP contribution in [0.5, 0.6) is 0 Å². The van der Waals surface area contributed by atoms with Crippen molar-refractivity contribution < 1.29 is 28.7 Å². The lowest BCUT2D eigenvalue weighted by Crippen LogP contribution is -2.31. The number of rotatable bonds is 14. The summed E-state index contributed by atoms with van der Waals surface area (Å²) in [5, 5.41) is 2.46. The van der Waals surface area contributed by atoms with Gasteiger partial charge in [0.15, 0.2) is 0 Å². The molecule has 0 heterocycles. The molecule has 9 heteroatoms. The third-order valence-corrected chi connectivity index (χ3v) is 5.37. The van der Waals surface area contributed by atoms with Gasteiger partial charge in [0.1, 0.15) is 12.3 Å². The van der Waals surface area contributed by atoms with Crippen molar-refractivity contribution in [2.45, 2.75) is 46.5 Å². The minimum atomic E-state index is -0.652. The zero-order chi connectivity index (χ0) is 19.1. The number of carbonyl (C=O) groups is 4. The van der Waals surface area contributed by atoms with Crippen molar-refractivity contribution in [3.63, 3.8) is 0 Å². The molecule has 0 aliphatic rings. The predicted octanol–water partition coefficient (Wildman–Crippen LogP) is 2.33. The molecule has 0 rings (SSSR count). The number of amides is 1. The molecular formula is C16H27NO6S2. The van der Waals surface area contributed by atoms with E-state index in [1.54, 1.807) is 42.4 Å². The fraction of sp³-hybridized carbons (Fsp3) is 0.750. The van der Waals surface area contributed by atoms with E-state index in [4.69, 9.17) is 4.74 Å². The van der Waals surface area contributed by atoms with Crippen molar-refractivity contribution in [1.82, 2.24) is 5.32 Å². The highest BCUT2D eigenvalue weighted by molar-refractivity contribution is 8.76. The highest BCUT2D eigenvalue weighted by Crippen LogP contribution is 2.23. The number of ether oxygens (including phenoxy) is 2. The molecule has 144 valence electrons. The Kier molecular flexibility index (Phi) is 14.3. The summed E-state index contributed by atoms with van der Waals surface area (Å²) >= 11 is 0. The summed E-state index contributed by atoms with van der Waals surface area (Å²) in [7, 11) is 3.37. The molecule has 0 atom stereocenters. The molecule has 0 saturated carbocycles. The normalized spacial score (nSPS) is 10.4. The van der Waals surface area contributed by atoms with Crippen LogP contribution in [0.1, 0.15) is 46.5 Å². The molecule has 1 amide bonds. The summed E-state index contributed by atoms with van der Waals surface area (Å²) < 4.78 is 9.38. The highest BCUT2D eigenvalue weighted by atomic mass is 33.1. The standard InChI is InChI=1S/C16H27NO6S2/c1-12(2)16(21)23-11-22-15(20)10-17-14(19)7-5-9-25-24-8-4-6-13(3)18/h12H,4-11H2,1-3H3,(H,17,19). The third-order valence-electron chi connectivity index (χ3n) is 2.79. The van der Waals surface area contributed by atoms with Crippen LogP contribution in [0.3, 0.4) is 0 Å². The van der Waals surface area contributed by atoms with E-state index in [1.165, 1.54) is 0 Å². The van der Waals surface area contributed by atoms with Gasteiger partial charge < -0.3 is 19.6 Å². The summed E-state index contributed by atoms with van der Waals surface area (Å²) in [4.78, 5) is 44.8.